The van der Waals surface area contributed by atoms with E-state index in [1.807, 2.05) is 18.2 Å². The maximum Gasteiger partial charge on any atom is 0.252 e. The number of hydrogen-bond acceptors (Lipinski definition) is 4. The van der Waals surface area contributed by atoms with Gasteiger partial charge in [-0.15, -0.1) is 0 Å². The molecule has 2 aromatic heterocycles. The normalized spacial score (nSPS) is 19.9. The van der Waals surface area contributed by atoms with Crippen LogP contribution >= 0.6 is 0 Å². The topological polar surface area (TPSA) is 75.7 Å². The van der Waals surface area contributed by atoms with Gasteiger partial charge in [0.05, 0.1) is 16.6 Å². The highest BCUT2D eigenvalue weighted by Gasteiger charge is 2.41. The smallest absolute Gasteiger partial charge is 0.252 e. The van der Waals surface area contributed by atoms with Crippen LogP contribution in [0.2, 0.25) is 0 Å². The zero-order valence-corrected chi connectivity index (χ0v) is 16.0. The van der Waals surface area contributed by atoms with Crippen LogP contribution in [0.25, 0.3) is 16.7 Å². The Kier molecular flexibility index (Phi) is 4.10. The van der Waals surface area contributed by atoms with E-state index in [0.29, 0.717) is 11.0 Å². The van der Waals surface area contributed by atoms with Crippen molar-refractivity contribution in [2.24, 2.45) is 11.1 Å². The number of pyridine rings is 1. The van der Waals surface area contributed by atoms with Crippen molar-refractivity contribution in [3.05, 3.63) is 41.0 Å². The summed E-state index contributed by atoms with van der Waals surface area (Å²) in [4.78, 5) is 19.8. The second-order valence-corrected chi connectivity index (χ2v) is 8.72. The number of rotatable bonds is 2. The number of nitrogens with two attached hydrogens (primary N) is 1. The third kappa shape index (κ3) is 2.51. The van der Waals surface area contributed by atoms with Gasteiger partial charge in [-0.3, -0.25) is 9.20 Å². The quantitative estimate of drug-likeness (QED) is 0.704. The van der Waals surface area contributed by atoms with Gasteiger partial charge in [-0.2, -0.15) is 0 Å². The Morgan fingerprint density at radius 2 is 1.83 bits per heavy atom. The minimum Gasteiger partial charge on any atom is -0.365 e. The first kappa shape index (κ1) is 18.4. The number of fused-ring (bicyclic) bond motifs is 4. The van der Waals surface area contributed by atoms with Crippen molar-refractivity contribution in [1.82, 2.24) is 14.7 Å². The standard InChI is InChI=1S/C22H25N5O.CH4/c23-19(28)18-14-4-3-5-15(14)21(26-10-8-22(9-11-26)12-24-13-22)27-17-7-2-1-6-16(17)25-20(18)27;/h1-2,6-7,24H,3-5,8-13H2,(H2,23,28);1H4. The van der Waals surface area contributed by atoms with Crippen LogP contribution in [0.5, 0.6) is 0 Å². The summed E-state index contributed by atoms with van der Waals surface area (Å²) in [5.74, 6) is 0.895. The zero-order chi connectivity index (χ0) is 18.9. The number of anilines is 1. The average Bonchev–Trinajstić information content (AvgIpc) is 3.29. The predicted octanol–water partition coefficient (Wildman–Crippen LogP) is 2.90. The first-order valence-electron chi connectivity index (χ1n) is 10.4. The summed E-state index contributed by atoms with van der Waals surface area (Å²) in [7, 11) is 0. The third-order valence-corrected chi connectivity index (χ3v) is 7.16. The number of nitrogens with zero attached hydrogens (tertiary/aromatic N) is 3. The molecule has 0 radical (unpaired) electrons. The SMILES string of the molecule is C.NC(=O)c1c2c(c(N3CCC4(CC3)CNC4)n3c1nc1ccccc13)CCC2. The molecule has 1 amide bonds. The van der Waals surface area contributed by atoms with Gasteiger partial charge in [0.25, 0.3) is 5.91 Å². The van der Waals surface area contributed by atoms with Crippen molar-refractivity contribution in [3.8, 4) is 0 Å². The van der Waals surface area contributed by atoms with Gasteiger partial charge in [-0.05, 0) is 60.8 Å². The van der Waals surface area contributed by atoms with E-state index in [0.717, 1.165) is 67.7 Å². The molecule has 3 aromatic rings. The van der Waals surface area contributed by atoms with Crippen LogP contribution in [0.4, 0.5) is 5.82 Å². The van der Waals surface area contributed by atoms with Gasteiger partial charge >= 0.3 is 0 Å². The number of hydrogen-bond donors (Lipinski definition) is 2. The van der Waals surface area contributed by atoms with Gasteiger partial charge < -0.3 is 16.0 Å². The molecule has 0 saturated carbocycles. The number of amides is 1. The number of primary amides is 1. The molecule has 4 heterocycles. The van der Waals surface area contributed by atoms with Gasteiger partial charge in [0.2, 0.25) is 0 Å². The number of carbonyl (C=O) groups is 1. The molecule has 0 atom stereocenters. The number of piperidine rings is 1. The Labute approximate surface area is 171 Å². The first-order valence-corrected chi connectivity index (χ1v) is 10.4. The molecular formula is C23H29N5O. The highest BCUT2D eigenvalue weighted by molar-refractivity contribution is 6.03. The number of imidazole rings is 1. The van der Waals surface area contributed by atoms with Crippen LogP contribution in [-0.4, -0.2) is 41.5 Å². The van der Waals surface area contributed by atoms with Gasteiger partial charge in [-0.1, -0.05) is 19.6 Å². The van der Waals surface area contributed by atoms with Crippen molar-refractivity contribution >= 4 is 28.4 Å². The van der Waals surface area contributed by atoms with Crippen molar-refractivity contribution in [1.29, 1.82) is 0 Å². The molecule has 6 rings (SSSR count). The maximum absolute atomic E-state index is 12.4. The molecule has 1 spiro atoms. The van der Waals surface area contributed by atoms with E-state index in [4.69, 9.17) is 10.7 Å². The molecule has 3 N–H and O–H groups in total. The summed E-state index contributed by atoms with van der Waals surface area (Å²) >= 11 is 0. The minimum atomic E-state index is -0.358. The summed E-state index contributed by atoms with van der Waals surface area (Å²) < 4.78 is 2.22. The maximum atomic E-state index is 12.4. The second kappa shape index (κ2) is 6.46. The molecular weight excluding hydrogens is 362 g/mol. The molecule has 29 heavy (non-hydrogen) atoms. The van der Waals surface area contributed by atoms with Crippen LogP contribution in [-0.2, 0) is 12.8 Å². The van der Waals surface area contributed by atoms with E-state index in [-0.39, 0.29) is 13.3 Å². The lowest BCUT2D eigenvalue weighted by Crippen LogP contribution is -2.58. The van der Waals surface area contributed by atoms with Crippen LogP contribution in [0.1, 0.15) is 48.2 Å². The van der Waals surface area contributed by atoms with Gasteiger partial charge in [0, 0.05) is 26.2 Å². The number of para-hydroxylation sites is 2. The van der Waals surface area contributed by atoms with Gasteiger partial charge in [0.15, 0.2) is 5.65 Å². The van der Waals surface area contributed by atoms with E-state index in [2.05, 4.69) is 20.7 Å². The lowest BCUT2D eigenvalue weighted by Gasteiger charge is -2.49. The largest absolute Gasteiger partial charge is 0.365 e. The molecule has 1 aromatic carbocycles. The summed E-state index contributed by atoms with van der Waals surface area (Å²) in [5.41, 5.74) is 12.1. The monoisotopic (exact) mass is 391 g/mol. The summed E-state index contributed by atoms with van der Waals surface area (Å²) in [6.45, 7) is 4.43. The average molecular weight is 392 g/mol. The molecule has 1 aliphatic carbocycles. The number of benzene rings is 1. The van der Waals surface area contributed by atoms with Crippen molar-refractivity contribution in [3.63, 3.8) is 0 Å². The molecule has 152 valence electrons. The van der Waals surface area contributed by atoms with Crippen LogP contribution in [0, 0.1) is 5.41 Å². The molecule has 3 aliphatic rings. The molecule has 6 heteroatoms. The van der Waals surface area contributed by atoms with E-state index in [9.17, 15) is 4.79 Å². The van der Waals surface area contributed by atoms with Crippen LogP contribution in [0.3, 0.4) is 0 Å². The number of nitrogens with one attached hydrogen (secondary N) is 1. The molecule has 0 bridgehead atoms. The van der Waals surface area contributed by atoms with E-state index in [1.54, 1.807) is 0 Å². The Hall–Kier alpha value is -2.60. The van der Waals surface area contributed by atoms with Crippen molar-refractivity contribution < 1.29 is 4.79 Å². The fourth-order valence-electron chi connectivity index (χ4n) is 5.56. The second-order valence-electron chi connectivity index (χ2n) is 8.72. The van der Waals surface area contributed by atoms with Crippen molar-refractivity contribution in [2.45, 2.75) is 39.5 Å². The van der Waals surface area contributed by atoms with Gasteiger partial charge in [-0.25, -0.2) is 4.98 Å². The first-order chi connectivity index (χ1) is 13.7. The number of carbonyl (C=O) groups excluding carboxylic acids is 1. The summed E-state index contributed by atoms with van der Waals surface area (Å²) in [6, 6.07) is 8.17. The highest BCUT2D eigenvalue weighted by Crippen LogP contribution is 2.42. The highest BCUT2D eigenvalue weighted by atomic mass is 16.1. The van der Waals surface area contributed by atoms with Crippen molar-refractivity contribution in [2.75, 3.05) is 31.1 Å². The van der Waals surface area contributed by atoms with Crippen LogP contribution < -0.4 is 16.0 Å². The van der Waals surface area contributed by atoms with E-state index in [1.165, 1.54) is 24.2 Å². The molecule has 0 unspecified atom stereocenters. The Balaban J connectivity index is 0.00000181. The lowest BCUT2D eigenvalue weighted by atomic mass is 9.73. The summed E-state index contributed by atoms with van der Waals surface area (Å²) in [5, 5.41) is 3.45. The van der Waals surface area contributed by atoms with Gasteiger partial charge in [0.1, 0.15) is 5.82 Å². The molecule has 2 fully saturated rings. The molecule has 6 nitrogen and oxygen atoms in total. The fraction of sp³-hybridized carbons (Fsp3) is 0.478. The number of aromatic nitrogens is 2. The fourth-order valence-corrected chi connectivity index (χ4v) is 5.56. The van der Waals surface area contributed by atoms with Crippen LogP contribution in [0.15, 0.2) is 24.3 Å². The lowest BCUT2D eigenvalue weighted by molar-refractivity contribution is 0.100. The molecule has 2 aliphatic heterocycles. The van der Waals surface area contributed by atoms with E-state index < -0.39 is 0 Å². The Morgan fingerprint density at radius 1 is 1.10 bits per heavy atom. The zero-order valence-electron chi connectivity index (χ0n) is 16.0. The minimum absolute atomic E-state index is 0. The predicted molar refractivity (Wildman–Crippen MR) is 117 cm³/mol. The Bertz CT molecular complexity index is 1120. The Morgan fingerprint density at radius 3 is 2.52 bits per heavy atom. The van der Waals surface area contributed by atoms with E-state index >= 15 is 0 Å². The third-order valence-electron chi connectivity index (χ3n) is 7.16. The molecule has 2 saturated heterocycles. The summed E-state index contributed by atoms with van der Waals surface area (Å²) in [6.07, 6.45) is 5.45.